The summed E-state index contributed by atoms with van der Waals surface area (Å²) in [5.74, 6) is 0.162. The van der Waals surface area contributed by atoms with Gasteiger partial charge in [-0.3, -0.25) is 0 Å². The van der Waals surface area contributed by atoms with Gasteiger partial charge in [0.1, 0.15) is 11.6 Å². The summed E-state index contributed by atoms with van der Waals surface area (Å²) in [5, 5.41) is 10.3. The van der Waals surface area contributed by atoms with Crippen LogP contribution < -0.4 is 0 Å². The Hall–Kier alpha value is -1.48. The predicted octanol–water partition coefficient (Wildman–Crippen LogP) is 4.61. The molecule has 0 aliphatic heterocycles. The van der Waals surface area contributed by atoms with Crippen molar-refractivity contribution in [3.63, 3.8) is 0 Å². The van der Waals surface area contributed by atoms with Gasteiger partial charge in [0.15, 0.2) is 0 Å². The topological polar surface area (TPSA) is 20.2 Å². The molecule has 0 saturated heterocycles. The van der Waals surface area contributed by atoms with E-state index in [0.29, 0.717) is 5.56 Å². The Balaban J connectivity index is 2.60. The molecule has 1 N–H and O–H groups in total. The van der Waals surface area contributed by atoms with Gasteiger partial charge < -0.3 is 5.11 Å². The lowest BCUT2D eigenvalue weighted by Gasteiger charge is -2.14. The molecule has 2 aromatic carbocycles. The van der Waals surface area contributed by atoms with Gasteiger partial charge in [-0.2, -0.15) is 0 Å². The number of phenols is 1. The number of phenolic OH excluding ortho intramolecular Hbond substituents is 1. The minimum atomic E-state index is -0.288. The van der Waals surface area contributed by atoms with E-state index in [1.807, 2.05) is 19.9 Å². The third kappa shape index (κ3) is 2.51. The summed E-state index contributed by atoms with van der Waals surface area (Å²) in [6, 6.07) is 9.72. The van der Waals surface area contributed by atoms with Crippen LogP contribution in [-0.2, 0) is 0 Å². The number of hydrogen-bond donors (Lipinski definition) is 2. The fourth-order valence-corrected chi connectivity index (χ4v) is 2.20. The van der Waals surface area contributed by atoms with Crippen molar-refractivity contribution < 1.29 is 9.50 Å². The monoisotopic (exact) mass is 262 g/mol. The van der Waals surface area contributed by atoms with Gasteiger partial charge in [-0.15, -0.1) is 12.6 Å². The van der Waals surface area contributed by atoms with Crippen LogP contribution in [-0.4, -0.2) is 5.11 Å². The molecule has 1 nitrogen and oxygen atoms in total. The zero-order valence-electron chi connectivity index (χ0n) is 10.3. The van der Waals surface area contributed by atoms with E-state index in [-0.39, 0.29) is 17.5 Å². The maximum Gasteiger partial charge on any atom is 0.126 e. The SMILES string of the molecule is CC(C)c1cc(S)cc(-c2ccc(F)cc2)c1O. The molecule has 18 heavy (non-hydrogen) atoms. The van der Waals surface area contributed by atoms with E-state index >= 15 is 0 Å². The Labute approximate surface area is 112 Å². The van der Waals surface area contributed by atoms with Gasteiger partial charge in [0.25, 0.3) is 0 Å². The van der Waals surface area contributed by atoms with Crippen LogP contribution in [0.5, 0.6) is 5.75 Å². The van der Waals surface area contributed by atoms with E-state index in [1.165, 1.54) is 12.1 Å². The van der Waals surface area contributed by atoms with Crippen molar-refractivity contribution in [3.05, 3.63) is 47.8 Å². The third-order valence-corrected chi connectivity index (χ3v) is 3.16. The number of aromatic hydroxyl groups is 1. The van der Waals surface area contributed by atoms with Crippen molar-refractivity contribution in [3.8, 4) is 16.9 Å². The number of thiol groups is 1. The molecule has 3 heteroatoms. The quantitative estimate of drug-likeness (QED) is 0.757. The number of halogens is 1. The molecular formula is C15H15FOS. The summed E-state index contributed by atoms with van der Waals surface area (Å²) in [6.07, 6.45) is 0. The van der Waals surface area contributed by atoms with Gasteiger partial charge in [-0.25, -0.2) is 4.39 Å². The van der Waals surface area contributed by atoms with Crippen molar-refractivity contribution in [2.24, 2.45) is 0 Å². The minimum Gasteiger partial charge on any atom is -0.507 e. The van der Waals surface area contributed by atoms with E-state index in [2.05, 4.69) is 12.6 Å². The highest BCUT2D eigenvalue weighted by Gasteiger charge is 2.13. The van der Waals surface area contributed by atoms with Gasteiger partial charge in [0.2, 0.25) is 0 Å². The molecule has 0 fully saturated rings. The minimum absolute atomic E-state index is 0.205. The number of rotatable bonds is 2. The molecule has 0 heterocycles. The molecule has 94 valence electrons. The van der Waals surface area contributed by atoms with Crippen molar-refractivity contribution in [1.82, 2.24) is 0 Å². The van der Waals surface area contributed by atoms with Crippen molar-refractivity contribution in [2.45, 2.75) is 24.7 Å². The molecule has 0 atom stereocenters. The molecule has 0 unspecified atom stereocenters. The molecule has 0 aliphatic carbocycles. The van der Waals surface area contributed by atoms with E-state index in [9.17, 15) is 9.50 Å². The van der Waals surface area contributed by atoms with Gasteiger partial charge in [0.05, 0.1) is 0 Å². The highest BCUT2D eigenvalue weighted by atomic mass is 32.1. The van der Waals surface area contributed by atoms with Crippen molar-refractivity contribution in [2.75, 3.05) is 0 Å². The zero-order valence-corrected chi connectivity index (χ0v) is 11.2. The second-order valence-electron chi connectivity index (χ2n) is 4.59. The molecule has 2 aromatic rings. The normalized spacial score (nSPS) is 10.9. The summed E-state index contributed by atoms with van der Waals surface area (Å²) >= 11 is 4.35. The molecular weight excluding hydrogens is 247 g/mol. The number of benzene rings is 2. The van der Waals surface area contributed by atoms with Gasteiger partial charge in [-0.1, -0.05) is 26.0 Å². The average molecular weight is 262 g/mol. The molecule has 0 amide bonds. The molecule has 0 radical (unpaired) electrons. The van der Waals surface area contributed by atoms with Crippen molar-refractivity contribution >= 4 is 12.6 Å². The largest absolute Gasteiger partial charge is 0.507 e. The highest BCUT2D eigenvalue weighted by Crippen LogP contribution is 2.37. The fourth-order valence-electron chi connectivity index (χ4n) is 1.93. The molecule has 0 aromatic heterocycles. The molecule has 2 rings (SSSR count). The van der Waals surface area contributed by atoms with Crippen LogP contribution in [0, 0.1) is 5.82 Å². The smallest absolute Gasteiger partial charge is 0.126 e. The maximum atomic E-state index is 12.9. The van der Waals surface area contributed by atoms with Gasteiger partial charge in [-0.05, 0) is 41.3 Å². The molecule has 0 saturated carbocycles. The lowest BCUT2D eigenvalue weighted by Crippen LogP contribution is -1.91. The summed E-state index contributed by atoms with van der Waals surface area (Å²) in [4.78, 5) is 0.788. The first-order valence-corrected chi connectivity index (χ1v) is 6.25. The Morgan fingerprint density at radius 2 is 1.72 bits per heavy atom. The van der Waals surface area contributed by atoms with Gasteiger partial charge >= 0.3 is 0 Å². The Kier molecular flexibility index (Phi) is 3.62. The van der Waals surface area contributed by atoms with E-state index < -0.39 is 0 Å². The Bertz CT molecular complexity index is 561. The zero-order chi connectivity index (χ0) is 13.3. The summed E-state index contributed by atoms with van der Waals surface area (Å²) in [5.41, 5.74) is 2.32. The molecule has 0 bridgehead atoms. The average Bonchev–Trinajstić information content (AvgIpc) is 2.32. The van der Waals surface area contributed by atoms with Crippen LogP contribution in [0.25, 0.3) is 11.1 Å². The first-order chi connectivity index (χ1) is 8.49. The van der Waals surface area contributed by atoms with E-state index in [4.69, 9.17) is 0 Å². The molecule has 0 aliphatic rings. The highest BCUT2D eigenvalue weighted by molar-refractivity contribution is 7.80. The second kappa shape index (κ2) is 5.02. The van der Waals surface area contributed by atoms with Crippen LogP contribution in [0.3, 0.4) is 0 Å². The van der Waals surface area contributed by atoms with Crippen LogP contribution in [0.15, 0.2) is 41.3 Å². The predicted molar refractivity (Wildman–Crippen MR) is 74.8 cm³/mol. The van der Waals surface area contributed by atoms with Crippen LogP contribution in [0.4, 0.5) is 4.39 Å². The van der Waals surface area contributed by atoms with Crippen molar-refractivity contribution in [1.29, 1.82) is 0 Å². The van der Waals surface area contributed by atoms with Crippen LogP contribution in [0.1, 0.15) is 25.3 Å². The summed E-state index contributed by atoms with van der Waals surface area (Å²) < 4.78 is 12.9. The fraction of sp³-hybridized carbons (Fsp3) is 0.200. The van der Waals surface area contributed by atoms with Gasteiger partial charge in [0, 0.05) is 10.5 Å². The maximum absolute atomic E-state index is 12.9. The number of hydrogen-bond acceptors (Lipinski definition) is 2. The van der Waals surface area contributed by atoms with Crippen LogP contribution >= 0.6 is 12.6 Å². The van der Waals surface area contributed by atoms with E-state index in [1.54, 1.807) is 18.2 Å². The second-order valence-corrected chi connectivity index (χ2v) is 5.11. The Morgan fingerprint density at radius 1 is 1.11 bits per heavy atom. The first-order valence-electron chi connectivity index (χ1n) is 5.81. The molecule has 0 spiro atoms. The third-order valence-electron chi connectivity index (χ3n) is 2.90. The summed E-state index contributed by atoms with van der Waals surface area (Å²) in [7, 11) is 0. The lowest BCUT2D eigenvalue weighted by molar-refractivity contribution is 0.466. The summed E-state index contributed by atoms with van der Waals surface area (Å²) in [6.45, 7) is 4.02. The lowest BCUT2D eigenvalue weighted by atomic mass is 9.95. The Morgan fingerprint density at radius 3 is 2.28 bits per heavy atom. The standard InChI is InChI=1S/C15H15FOS/c1-9(2)13-7-12(18)8-14(15(13)17)10-3-5-11(16)6-4-10/h3-9,17-18H,1-2H3. The van der Waals surface area contributed by atoms with E-state index in [0.717, 1.165) is 16.0 Å². The van der Waals surface area contributed by atoms with Crippen LogP contribution in [0.2, 0.25) is 0 Å². The first kappa shape index (κ1) is 13.0.